The summed E-state index contributed by atoms with van der Waals surface area (Å²) in [5, 5.41) is 12.1. The highest BCUT2D eigenvalue weighted by Gasteiger charge is 2.16. The number of methoxy groups -OCH3 is 2. The quantitative estimate of drug-likeness (QED) is 0.538. The molecule has 0 spiro atoms. The second kappa shape index (κ2) is 7.87. The molecule has 0 unspecified atom stereocenters. The molecule has 4 aromatic rings. The van der Waals surface area contributed by atoms with Gasteiger partial charge in [0.2, 0.25) is 0 Å². The molecule has 0 bridgehead atoms. The molecule has 0 aliphatic heterocycles. The molecule has 0 fully saturated rings. The lowest BCUT2D eigenvalue weighted by atomic mass is 10.1. The van der Waals surface area contributed by atoms with Gasteiger partial charge in [0.25, 0.3) is 5.91 Å². The Morgan fingerprint density at radius 3 is 2.27 bits per heavy atom. The molecule has 3 aromatic carbocycles. The lowest BCUT2D eigenvalue weighted by Crippen LogP contribution is -2.14. The molecule has 1 N–H and O–H groups in total. The van der Waals surface area contributed by atoms with E-state index in [4.69, 9.17) is 9.47 Å². The largest absolute Gasteiger partial charge is 0.497 e. The van der Waals surface area contributed by atoms with Crippen LogP contribution in [0.1, 0.15) is 21.5 Å². The van der Waals surface area contributed by atoms with Crippen LogP contribution in [0.5, 0.6) is 11.5 Å². The highest BCUT2D eigenvalue weighted by molar-refractivity contribution is 6.07. The predicted molar refractivity (Wildman–Crippen MR) is 116 cm³/mol. The first-order valence-corrected chi connectivity index (χ1v) is 9.47. The maximum absolute atomic E-state index is 12.9. The van der Waals surface area contributed by atoms with Crippen LogP contribution in [-0.4, -0.2) is 35.1 Å². The first kappa shape index (κ1) is 19.4. The molecule has 1 aromatic heterocycles. The number of para-hydroxylation sites is 1. The lowest BCUT2D eigenvalue weighted by molar-refractivity contribution is 0.102. The summed E-state index contributed by atoms with van der Waals surface area (Å²) in [5.41, 5.74) is 5.21. The van der Waals surface area contributed by atoms with Crippen molar-refractivity contribution in [2.45, 2.75) is 13.8 Å². The number of aryl methyl sites for hydroxylation is 2. The molecular weight excluding hydrogens is 380 g/mol. The number of rotatable bonds is 5. The molecule has 7 nitrogen and oxygen atoms in total. The molecule has 0 atom stereocenters. The number of anilines is 1. The fourth-order valence-electron chi connectivity index (χ4n) is 3.33. The van der Waals surface area contributed by atoms with Gasteiger partial charge in [0.05, 0.1) is 25.5 Å². The molecule has 0 aliphatic carbocycles. The van der Waals surface area contributed by atoms with Crippen LogP contribution in [0.3, 0.4) is 0 Å². The van der Waals surface area contributed by atoms with E-state index in [0.29, 0.717) is 22.5 Å². The highest BCUT2D eigenvalue weighted by Crippen LogP contribution is 2.26. The number of amides is 1. The van der Waals surface area contributed by atoms with Crippen molar-refractivity contribution in [2.24, 2.45) is 0 Å². The van der Waals surface area contributed by atoms with Gasteiger partial charge in [-0.25, -0.2) is 0 Å². The van der Waals surface area contributed by atoms with E-state index in [-0.39, 0.29) is 5.91 Å². The van der Waals surface area contributed by atoms with Crippen molar-refractivity contribution in [2.75, 3.05) is 19.5 Å². The van der Waals surface area contributed by atoms with Crippen LogP contribution in [0.25, 0.3) is 16.7 Å². The molecule has 0 radical (unpaired) electrons. The summed E-state index contributed by atoms with van der Waals surface area (Å²) in [6.07, 6.45) is 0. The van der Waals surface area contributed by atoms with Gasteiger partial charge in [0, 0.05) is 5.69 Å². The standard InChI is InChI=1S/C23H22N4O3/c1-14-6-5-7-18(22(14)30-4)23(28)24-19-13-21-20(12-15(19)2)25-27(26-21)16-8-10-17(29-3)11-9-16/h5-13H,1-4H3,(H,24,28). The number of nitrogens with one attached hydrogen (secondary N) is 1. The van der Waals surface area contributed by atoms with Crippen LogP contribution >= 0.6 is 0 Å². The Balaban J connectivity index is 1.66. The molecule has 7 heteroatoms. The molecule has 0 aliphatic rings. The number of ether oxygens (including phenoxy) is 2. The fourth-order valence-corrected chi connectivity index (χ4v) is 3.33. The normalized spacial score (nSPS) is 10.8. The van der Waals surface area contributed by atoms with E-state index in [1.165, 1.54) is 0 Å². The summed E-state index contributed by atoms with van der Waals surface area (Å²) in [4.78, 5) is 14.4. The first-order chi connectivity index (χ1) is 14.5. The monoisotopic (exact) mass is 402 g/mol. The van der Waals surface area contributed by atoms with Gasteiger partial charge in [-0.2, -0.15) is 4.80 Å². The number of hydrogen-bond donors (Lipinski definition) is 1. The van der Waals surface area contributed by atoms with Gasteiger partial charge in [0.1, 0.15) is 22.5 Å². The van der Waals surface area contributed by atoms with E-state index in [2.05, 4.69) is 15.5 Å². The van der Waals surface area contributed by atoms with E-state index >= 15 is 0 Å². The van der Waals surface area contributed by atoms with Gasteiger partial charge < -0.3 is 14.8 Å². The van der Waals surface area contributed by atoms with Crippen LogP contribution in [0.2, 0.25) is 0 Å². The van der Waals surface area contributed by atoms with Gasteiger partial charge in [-0.3, -0.25) is 4.79 Å². The number of hydrogen-bond acceptors (Lipinski definition) is 5. The Morgan fingerprint density at radius 2 is 1.60 bits per heavy atom. The zero-order chi connectivity index (χ0) is 21.3. The van der Waals surface area contributed by atoms with E-state index in [0.717, 1.165) is 28.1 Å². The number of carbonyl (C=O) groups excluding carboxylic acids is 1. The molecule has 152 valence electrons. The van der Waals surface area contributed by atoms with Crippen LogP contribution in [-0.2, 0) is 0 Å². The summed E-state index contributed by atoms with van der Waals surface area (Å²) in [7, 11) is 3.19. The summed E-state index contributed by atoms with van der Waals surface area (Å²) in [6.45, 7) is 3.83. The van der Waals surface area contributed by atoms with Crippen LogP contribution in [0.4, 0.5) is 5.69 Å². The molecule has 4 rings (SSSR count). The summed E-state index contributed by atoms with van der Waals surface area (Å²) in [6, 6.07) is 16.7. The minimum atomic E-state index is -0.236. The topological polar surface area (TPSA) is 78.3 Å². The Labute approximate surface area is 174 Å². The first-order valence-electron chi connectivity index (χ1n) is 9.47. The zero-order valence-electron chi connectivity index (χ0n) is 17.3. The van der Waals surface area contributed by atoms with Crippen molar-refractivity contribution in [3.05, 3.63) is 71.3 Å². The van der Waals surface area contributed by atoms with Crippen molar-refractivity contribution in [1.29, 1.82) is 0 Å². The maximum atomic E-state index is 12.9. The van der Waals surface area contributed by atoms with Crippen molar-refractivity contribution in [1.82, 2.24) is 15.0 Å². The summed E-state index contributed by atoms with van der Waals surface area (Å²) < 4.78 is 10.6. The number of fused-ring (bicyclic) bond motifs is 1. The number of benzene rings is 3. The van der Waals surface area contributed by atoms with Crippen molar-refractivity contribution < 1.29 is 14.3 Å². The smallest absolute Gasteiger partial charge is 0.259 e. The zero-order valence-corrected chi connectivity index (χ0v) is 17.3. The third-order valence-corrected chi connectivity index (χ3v) is 4.94. The van der Waals surface area contributed by atoms with Crippen molar-refractivity contribution >= 4 is 22.6 Å². The average molecular weight is 402 g/mol. The number of carbonyl (C=O) groups is 1. The summed E-state index contributed by atoms with van der Waals surface area (Å²) in [5.74, 6) is 1.10. The minimum absolute atomic E-state index is 0.236. The fraction of sp³-hybridized carbons (Fsp3) is 0.174. The minimum Gasteiger partial charge on any atom is -0.497 e. The van der Waals surface area contributed by atoms with Crippen LogP contribution in [0.15, 0.2) is 54.6 Å². The van der Waals surface area contributed by atoms with Crippen LogP contribution in [0, 0.1) is 13.8 Å². The third kappa shape index (κ3) is 3.57. The van der Waals surface area contributed by atoms with E-state index < -0.39 is 0 Å². The second-order valence-corrected chi connectivity index (χ2v) is 6.95. The third-order valence-electron chi connectivity index (χ3n) is 4.94. The van der Waals surface area contributed by atoms with E-state index in [9.17, 15) is 4.79 Å². The Hall–Kier alpha value is -3.87. The molecule has 0 saturated heterocycles. The SMILES string of the molecule is COc1ccc(-n2nc3cc(C)c(NC(=O)c4cccc(C)c4OC)cc3n2)cc1. The highest BCUT2D eigenvalue weighted by atomic mass is 16.5. The van der Waals surface area contributed by atoms with E-state index in [1.807, 2.05) is 62.4 Å². The average Bonchev–Trinajstić information content (AvgIpc) is 3.16. The second-order valence-electron chi connectivity index (χ2n) is 6.95. The number of aromatic nitrogens is 3. The molecule has 1 amide bonds. The molecular formula is C23H22N4O3. The Kier molecular flexibility index (Phi) is 5.10. The summed E-state index contributed by atoms with van der Waals surface area (Å²) >= 11 is 0. The Bertz CT molecular complexity index is 1230. The van der Waals surface area contributed by atoms with Gasteiger partial charge in [-0.15, -0.1) is 10.2 Å². The predicted octanol–water partition coefficient (Wildman–Crippen LogP) is 4.31. The molecule has 0 saturated carbocycles. The van der Waals surface area contributed by atoms with Gasteiger partial charge in [-0.05, 0) is 67.4 Å². The van der Waals surface area contributed by atoms with Crippen molar-refractivity contribution in [3.8, 4) is 17.2 Å². The molecule has 30 heavy (non-hydrogen) atoms. The van der Waals surface area contributed by atoms with Crippen LogP contribution < -0.4 is 14.8 Å². The van der Waals surface area contributed by atoms with Gasteiger partial charge in [-0.1, -0.05) is 12.1 Å². The van der Waals surface area contributed by atoms with Gasteiger partial charge >= 0.3 is 0 Å². The molecule has 1 heterocycles. The number of nitrogens with zero attached hydrogens (tertiary/aromatic N) is 3. The van der Waals surface area contributed by atoms with Crippen molar-refractivity contribution in [3.63, 3.8) is 0 Å². The Morgan fingerprint density at radius 1 is 0.900 bits per heavy atom. The van der Waals surface area contributed by atoms with E-state index in [1.54, 1.807) is 25.1 Å². The van der Waals surface area contributed by atoms with Gasteiger partial charge in [0.15, 0.2) is 0 Å². The lowest BCUT2D eigenvalue weighted by Gasteiger charge is -2.12. The maximum Gasteiger partial charge on any atom is 0.259 e.